The molecule has 1 aliphatic heterocycles. The van der Waals surface area contributed by atoms with Gasteiger partial charge in [-0.2, -0.15) is 4.98 Å². The highest BCUT2D eigenvalue weighted by atomic mass is 79.9. The lowest BCUT2D eigenvalue weighted by molar-refractivity contribution is -0.119. The highest BCUT2D eigenvalue weighted by Gasteiger charge is 2.25. The molecule has 0 aromatic carbocycles. The van der Waals surface area contributed by atoms with Gasteiger partial charge in [0.1, 0.15) is 5.82 Å². The number of carbonyl (C=O) groups excluding carboxylic acids is 1. The lowest BCUT2D eigenvalue weighted by Gasteiger charge is -2.18. The summed E-state index contributed by atoms with van der Waals surface area (Å²) in [6.07, 6.45) is 2.55. The summed E-state index contributed by atoms with van der Waals surface area (Å²) in [6, 6.07) is 0.174. The van der Waals surface area contributed by atoms with Crippen LogP contribution in [0.15, 0.2) is 10.7 Å². The lowest BCUT2D eigenvalue weighted by atomic mass is 10.3. The van der Waals surface area contributed by atoms with Crippen LogP contribution in [0, 0.1) is 0 Å². The van der Waals surface area contributed by atoms with E-state index < -0.39 is 0 Å². The second-order valence-corrected chi connectivity index (χ2v) is 5.14. The van der Waals surface area contributed by atoms with Crippen molar-refractivity contribution < 1.29 is 4.79 Å². The standard InChI is InChI=1S/C10H12BrClN4O/c1-6(17)14-7-2-3-16(5-7)9-8(11)4-13-10(12)15-9/h4,7H,2-3,5H2,1H3,(H,14,17). The fraction of sp³-hybridized carbons (Fsp3) is 0.500. The minimum atomic E-state index is -0.00312. The molecule has 1 fully saturated rings. The summed E-state index contributed by atoms with van der Waals surface area (Å²) in [4.78, 5) is 21.1. The molecule has 2 heterocycles. The molecule has 0 saturated carbocycles. The van der Waals surface area contributed by atoms with Crippen molar-refractivity contribution >= 4 is 39.3 Å². The van der Waals surface area contributed by atoms with E-state index in [2.05, 4.69) is 36.1 Å². The Bertz CT molecular complexity index is 442. The van der Waals surface area contributed by atoms with Gasteiger partial charge in [-0.15, -0.1) is 0 Å². The molecule has 1 atom stereocenters. The molecule has 7 heteroatoms. The molecule has 5 nitrogen and oxygen atoms in total. The zero-order valence-electron chi connectivity index (χ0n) is 9.28. The van der Waals surface area contributed by atoms with Crippen molar-refractivity contribution in [3.05, 3.63) is 16.0 Å². The zero-order valence-corrected chi connectivity index (χ0v) is 11.6. The molecule has 1 aliphatic rings. The Labute approximate surface area is 113 Å². The van der Waals surface area contributed by atoms with Gasteiger partial charge in [0, 0.05) is 32.3 Å². The van der Waals surface area contributed by atoms with Gasteiger partial charge in [0.2, 0.25) is 11.2 Å². The number of carbonyl (C=O) groups is 1. The molecule has 0 aliphatic carbocycles. The van der Waals surface area contributed by atoms with Gasteiger partial charge in [0.25, 0.3) is 0 Å². The van der Waals surface area contributed by atoms with E-state index in [1.54, 1.807) is 6.20 Å². The van der Waals surface area contributed by atoms with Crippen molar-refractivity contribution in [3.8, 4) is 0 Å². The van der Waals surface area contributed by atoms with Crippen molar-refractivity contribution in [2.24, 2.45) is 0 Å². The largest absolute Gasteiger partial charge is 0.353 e. The minimum absolute atomic E-state index is 0.00312. The molecule has 0 radical (unpaired) electrons. The first-order valence-corrected chi connectivity index (χ1v) is 6.43. The van der Waals surface area contributed by atoms with Gasteiger partial charge >= 0.3 is 0 Å². The van der Waals surface area contributed by atoms with Crippen molar-refractivity contribution in [3.63, 3.8) is 0 Å². The number of anilines is 1. The van der Waals surface area contributed by atoms with Gasteiger partial charge in [0.15, 0.2) is 0 Å². The van der Waals surface area contributed by atoms with Crippen LogP contribution < -0.4 is 10.2 Å². The number of nitrogens with zero attached hydrogens (tertiary/aromatic N) is 3. The molecule has 17 heavy (non-hydrogen) atoms. The van der Waals surface area contributed by atoms with Gasteiger partial charge in [0.05, 0.1) is 4.47 Å². The molecule has 1 amide bonds. The number of hydrogen-bond acceptors (Lipinski definition) is 4. The van der Waals surface area contributed by atoms with E-state index in [9.17, 15) is 4.79 Å². The van der Waals surface area contributed by atoms with Crippen LogP contribution in [0.3, 0.4) is 0 Å². The van der Waals surface area contributed by atoms with Crippen LogP contribution in [0.4, 0.5) is 5.82 Å². The number of aromatic nitrogens is 2. The Morgan fingerprint density at radius 2 is 2.47 bits per heavy atom. The van der Waals surface area contributed by atoms with E-state index in [1.807, 2.05) is 0 Å². The van der Waals surface area contributed by atoms with E-state index in [0.29, 0.717) is 0 Å². The Balaban J connectivity index is 2.09. The van der Waals surface area contributed by atoms with Gasteiger partial charge < -0.3 is 10.2 Å². The monoisotopic (exact) mass is 318 g/mol. The summed E-state index contributed by atoms with van der Waals surface area (Å²) in [5.74, 6) is 0.773. The SMILES string of the molecule is CC(=O)NC1CCN(c2nc(Cl)ncc2Br)C1. The van der Waals surface area contributed by atoms with Crippen molar-refractivity contribution in [2.45, 2.75) is 19.4 Å². The van der Waals surface area contributed by atoms with Gasteiger partial charge in [-0.1, -0.05) is 0 Å². The summed E-state index contributed by atoms with van der Waals surface area (Å²) < 4.78 is 0.811. The van der Waals surface area contributed by atoms with E-state index in [1.165, 1.54) is 6.92 Å². The molecule has 92 valence electrons. The average molecular weight is 320 g/mol. The Hall–Kier alpha value is -0.880. The second kappa shape index (κ2) is 5.18. The Morgan fingerprint density at radius 1 is 1.71 bits per heavy atom. The highest BCUT2D eigenvalue weighted by Crippen LogP contribution is 2.27. The molecular weight excluding hydrogens is 307 g/mol. The zero-order chi connectivity index (χ0) is 12.4. The second-order valence-electron chi connectivity index (χ2n) is 3.94. The number of halogens is 2. The average Bonchev–Trinajstić information content (AvgIpc) is 2.69. The van der Waals surface area contributed by atoms with Crippen LogP contribution >= 0.6 is 27.5 Å². The molecule has 2 rings (SSSR count). The van der Waals surface area contributed by atoms with Gasteiger partial charge in [-0.05, 0) is 34.0 Å². The molecular formula is C10H12BrClN4O. The van der Waals surface area contributed by atoms with E-state index >= 15 is 0 Å². The van der Waals surface area contributed by atoms with Gasteiger partial charge in [-0.3, -0.25) is 4.79 Å². The van der Waals surface area contributed by atoms with Gasteiger partial charge in [-0.25, -0.2) is 4.98 Å². The first-order chi connectivity index (χ1) is 8.06. The maximum absolute atomic E-state index is 11.0. The van der Waals surface area contributed by atoms with E-state index in [-0.39, 0.29) is 17.2 Å². The normalized spacial score (nSPS) is 19.5. The number of hydrogen-bond donors (Lipinski definition) is 1. The minimum Gasteiger partial charge on any atom is -0.353 e. The third-order valence-corrected chi connectivity index (χ3v) is 3.33. The molecule has 1 saturated heterocycles. The Kier molecular flexibility index (Phi) is 3.83. The fourth-order valence-electron chi connectivity index (χ4n) is 1.92. The van der Waals surface area contributed by atoms with Crippen LogP contribution in [0.5, 0.6) is 0 Å². The quantitative estimate of drug-likeness (QED) is 0.841. The van der Waals surface area contributed by atoms with Crippen LogP contribution in [0.25, 0.3) is 0 Å². The summed E-state index contributed by atoms with van der Waals surface area (Å²) >= 11 is 9.18. The summed E-state index contributed by atoms with van der Waals surface area (Å²) in [5, 5.41) is 3.13. The number of amides is 1. The molecule has 1 N–H and O–H groups in total. The van der Waals surface area contributed by atoms with Crippen LogP contribution in [-0.2, 0) is 4.79 Å². The number of rotatable bonds is 2. The molecule has 1 aromatic rings. The third kappa shape index (κ3) is 3.07. The maximum atomic E-state index is 11.0. The van der Waals surface area contributed by atoms with Crippen molar-refractivity contribution in [1.82, 2.24) is 15.3 Å². The van der Waals surface area contributed by atoms with E-state index in [4.69, 9.17) is 11.6 Å². The van der Waals surface area contributed by atoms with Crippen molar-refractivity contribution in [1.29, 1.82) is 0 Å². The molecule has 0 bridgehead atoms. The lowest BCUT2D eigenvalue weighted by Crippen LogP contribution is -2.35. The smallest absolute Gasteiger partial charge is 0.224 e. The summed E-state index contributed by atoms with van der Waals surface area (Å²) in [5.41, 5.74) is 0. The third-order valence-electron chi connectivity index (χ3n) is 2.59. The van der Waals surface area contributed by atoms with Crippen LogP contribution in [0.2, 0.25) is 5.28 Å². The van der Waals surface area contributed by atoms with Crippen molar-refractivity contribution in [2.75, 3.05) is 18.0 Å². The topological polar surface area (TPSA) is 58.1 Å². The van der Waals surface area contributed by atoms with Crippen LogP contribution in [-0.4, -0.2) is 35.0 Å². The summed E-state index contributed by atoms with van der Waals surface area (Å²) in [6.45, 7) is 3.11. The van der Waals surface area contributed by atoms with Crippen LogP contribution in [0.1, 0.15) is 13.3 Å². The Morgan fingerprint density at radius 3 is 3.18 bits per heavy atom. The first-order valence-electron chi connectivity index (χ1n) is 5.26. The predicted octanol–water partition coefficient (Wildman–Crippen LogP) is 1.61. The van der Waals surface area contributed by atoms with E-state index in [0.717, 1.165) is 29.8 Å². The fourth-order valence-corrected chi connectivity index (χ4v) is 2.49. The first kappa shape index (κ1) is 12.6. The summed E-state index contributed by atoms with van der Waals surface area (Å²) in [7, 11) is 0. The predicted molar refractivity (Wildman–Crippen MR) is 69.2 cm³/mol. The molecule has 0 spiro atoms. The highest BCUT2D eigenvalue weighted by molar-refractivity contribution is 9.10. The maximum Gasteiger partial charge on any atom is 0.224 e. The molecule has 1 aromatic heterocycles. The molecule has 1 unspecified atom stereocenters. The number of nitrogens with one attached hydrogen (secondary N) is 1.